The van der Waals surface area contributed by atoms with Gasteiger partial charge in [0.25, 0.3) is 5.91 Å². The first-order valence-electron chi connectivity index (χ1n) is 6.73. The van der Waals surface area contributed by atoms with Gasteiger partial charge in [-0.1, -0.05) is 24.3 Å². The van der Waals surface area contributed by atoms with Crippen molar-refractivity contribution in [2.24, 2.45) is 0 Å². The van der Waals surface area contributed by atoms with Crippen LogP contribution in [0.3, 0.4) is 0 Å². The first-order chi connectivity index (χ1) is 10.1. The van der Waals surface area contributed by atoms with Gasteiger partial charge in [-0.25, -0.2) is 0 Å². The van der Waals surface area contributed by atoms with Gasteiger partial charge in [0.05, 0.1) is 0 Å². The van der Waals surface area contributed by atoms with Gasteiger partial charge in [0.2, 0.25) is 0 Å². The highest BCUT2D eigenvalue weighted by Gasteiger charge is 2.07. The van der Waals surface area contributed by atoms with Gasteiger partial charge < -0.3 is 10.1 Å². The van der Waals surface area contributed by atoms with Gasteiger partial charge in [0.1, 0.15) is 5.75 Å². The Bertz CT molecular complexity index is 620. The number of carbonyl (C=O) groups excluding carboxylic acids is 1. The lowest BCUT2D eigenvalue weighted by Gasteiger charge is -2.12. The molecule has 0 saturated heterocycles. The minimum atomic E-state index is -0.157. The van der Waals surface area contributed by atoms with E-state index in [2.05, 4.69) is 5.32 Å². The fraction of sp³-hybridized carbons (Fsp3) is 0.235. The third kappa shape index (κ3) is 4.26. The normalized spacial score (nSPS) is 10.2. The summed E-state index contributed by atoms with van der Waals surface area (Å²) in [5.74, 6) is 0.626. The van der Waals surface area contributed by atoms with Crippen LogP contribution >= 0.6 is 11.8 Å². The second kappa shape index (κ2) is 7.18. The molecule has 0 fully saturated rings. The molecule has 21 heavy (non-hydrogen) atoms. The van der Waals surface area contributed by atoms with Gasteiger partial charge in [-0.2, -0.15) is 0 Å². The predicted molar refractivity (Wildman–Crippen MR) is 88.3 cm³/mol. The van der Waals surface area contributed by atoms with Crippen molar-refractivity contribution in [1.82, 2.24) is 0 Å². The zero-order valence-electron chi connectivity index (χ0n) is 12.5. The molecule has 0 spiro atoms. The molecule has 4 heteroatoms. The summed E-state index contributed by atoms with van der Waals surface area (Å²) >= 11 is 1.64. The number of hydrogen-bond donors (Lipinski definition) is 1. The Balaban J connectivity index is 1.96. The number of anilines is 1. The van der Waals surface area contributed by atoms with Gasteiger partial charge in [0, 0.05) is 10.6 Å². The van der Waals surface area contributed by atoms with Crippen molar-refractivity contribution in [2.75, 3.05) is 18.2 Å². The Morgan fingerprint density at radius 1 is 1.14 bits per heavy atom. The van der Waals surface area contributed by atoms with E-state index in [-0.39, 0.29) is 12.5 Å². The quantitative estimate of drug-likeness (QED) is 0.847. The van der Waals surface area contributed by atoms with E-state index in [1.54, 1.807) is 11.8 Å². The van der Waals surface area contributed by atoms with Crippen LogP contribution in [0.5, 0.6) is 5.75 Å². The molecule has 0 aliphatic carbocycles. The largest absolute Gasteiger partial charge is 0.483 e. The lowest BCUT2D eigenvalue weighted by molar-refractivity contribution is -0.118. The SMILES string of the molecule is CSc1cccc(NC(=O)COc2c(C)cccc2C)c1. The molecule has 2 rings (SSSR count). The number of aryl methyl sites for hydroxylation is 2. The summed E-state index contributed by atoms with van der Waals surface area (Å²) in [6.45, 7) is 3.96. The van der Waals surface area contributed by atoms with E-state index in [0.29, 0.717) is 0 Å². The van der Waals surface area contributed by atoms with Gasteiger partial charge >= 0.3 is 0 Å². The van der Waals surface area contributed by atoms with E-state index in [0.717, 1.165) is 27.5 Å². The Morgan fingerprint density at radius 3 is 2.48 bits per heavy atom. The number of amides is 1. The molecule has 0 saturated carbocycles. The van der Waals surface area contributed by atoms with Crippen molar-refractivity contribution in [3.8, 4) is 5.75 Å². The van der Waals surface area contributed by atoms with Crippen LogP contribution in [0.25, 0.3) is 0 Å². The predicted octanol–water partition coefficient (Wildman–Crippen LogP) is 4.04. The average Bonchev–Trinajstić information content (AvgIpc) is 2.47. The van der Waals surface area contributed by atoms with Gasteiger partial charge in [-0.15, -0.1) is 11.8 Å². The average molecular weight is 301 g/mol. The van der Waals surface area contributed by atoms with E-state index in [1.807, 2.05) is 62.6 Å². The Labute approximate surface area is 129 Å². The van der Waals surface area contributed by atoms with Crippen LogP contribution < -0.4 is 10.1 Å². The molecule has 2 aromatic carbocycles. The molecule has 0 unspecified atom stereocenters. The van der Waals surface area contributed by atoms with Crippen LogP contribution in [0.4, 0.5) is 5.69 Å². The number of carbonyl (C=O) groups is 1. The van der Waals surface area contributed by atoms with Crippen molar-refractivity contribution in [3.63, 3.8) is 0 Å². The summed E-state index contributed by atoms with van der Waals surface area (Å²) in [6, 6.07) is 13.7. The highest BCUT2D eigenvalue weighted by molar-refractivity contribution is 7.98. The molecular formula is C17H19NO2S. The molecule has 0 aromatic heterocycles. The Hall–Kier alpha value is -1.94. The maximum atomic E-state index is 12.0. The summed E-state index contributed by atoms with van der Waals surface area (Å²) in [4.78, 5) is 13.1. The third-order valence-electron chi connectivity index (χ3n) is 3.11. The van der Waals surface area contributed by atoms with E-state index in [9.17, 15) is 4.79 Å². The van der Waals surface area contributed by atoms with Crippen LogP contribution in [0.15, 0.2) is 47.4 Å². The summed E-state index contributed by atoms with van der Waals surface area (Å²) in [7, 11) is 0. The van der Waals surface area contributed by atoms with E-state index < -0.39 is 0 Å². The fourth-order valence-corrected chi connectivity index (χ4v) is 2.52. The molecule has 0 heterocycles. The Morgan fingerprint density at radius 2 is 1.81 bits per heavy atom. The number of para-hydroxylation sites is 1. The van der Waals surface area contributed by atoms with Crippen molar-refractivity contribution in [3.05, 3.63) is 53.6 Å². The third-order valence-corrected chi connectivity index (χ3v) is 3.84. The minimum Gasteiger partial charge on any atom is -0.483 e. The number of benzene rings is 2. The van der Waals surface area contributed by atoms with Crippen LogP contribution in [0, 0.1) is 13.8 Å². The summed E-state index contributed by atoms with van der Waals surface area (Å²) < 4.78 is 5.64. The standard InChI is InChI=1S/C17H19NO2S/c1-12-6-4-7-13(2)17(12)20-11-16(19)18-14-8-5-9-15(10-14)21-3/h4-10H,11H2,1-3H3,(H,18,19). The topological polar surface area (TPSA) is 38.3 Å². The summed E-state index contributed by atoms with van der Waals surface area (Å²) in [5.41, 5.74) is 2.86. The van der Waals surface area contributed by atoms with Crippen molar-refractivity contribution >= 4 is 23.4 Å². The van der Waals surface area contributed by atoms with Gasteiger partial charge in [-0.05, 0) is 49.4 Å². The molecule has 3 nitrogen and oxygen atoms in total. The molecule has 0 aliphatic heterocycles. The molecule has 0 bridgehead atoms. The van der Waals surface area contributed by atoms with E-state index >= 15 is 0 Å². The molecule has 0 aliphatic rings. The smallest absolute Gasteiger partial charge is 0.262 e. The zero-order chi connectivity index (χ0) is 15.2. The molecule has 110 valence electrons. The molecule has 1 amide bonds. The Kier molecular flexibility index (Phi) is 5.28. The van der Waals surface area contributed by atoms with Crippen molar-refractivity contribution < 1.29 is 9.53 Å². The minimum absolute atomic E-state index is 0.00912. The second-order valence-electron chi connectivity index (χ2n) is 4.79. The highest BCUT2D eigenvalue weighted by atomic mass is 32.2. The number of ether oxygens (including phenoxy) is 1. The number of nitrogens with one attached hydrogen (secondary N) is 1. The maximum absolute atomic E-state index is 12.0. The van der Waals surface area contributed by atoms with Crippen molar-refractivity contribution in [2.45, 2.75) is 18.7 Å². The molecule has 0 atom stereocenters. The monoisotopic (exact) mass is 301 g/mol. The van der Waals surface area contributed by atoms with E-state index in [1.165, 1.54) is 0 Å². The molecule has 2 aromatic rings. The van der Waals surface area contributed by atoms with Crippen LogP contribution in [0.2, 0.25) is 0 Å². The number of rotatable bonds is 5. The lowest BCUT2D eigenvalue weighted by Crippen LogP contribution is -2.20. The summed E-state index contributed by atoms with van der Waals surface area (Å²) in [6.07, 6.45) is 2.00. The second-order valence-corrected chi connectivity index (χ2v) is 5.67. The lowest BCUT2D eigenvalue weighted by atomic mass is 10.1. The summed E-state index contributed by atoms with van der Waals surface area (Å²) in [5, 5.41) is 2.85. The number of hydrogen-bond acceptors (Lipinski definition) is 3. The van der Waals surface area contributed by atoms with Crippen LogP contribution in [0.1, 0.15) is 11.1 Å². The maximum Gasteiger partial charge on any atom is 0.262 e. The zero-order valence-corrected chi connectivity index (χ0v) is 13.3. The number of thioether (sulfide) groups is 1. The fourth-order valence-electron chi connectivity index (χ4n) is 2.06. The molecule has 0 radical (unpaired) electrons. The highest BCUT2D eigenvalue weighted by Crippen LogP contribution is 2.22. The first kappa shape index (κ1) is 15.4. The van der Waals surface area contributed by atoms with Gasteiger partial charge in [0.15, 0.2) is 6.61 Å². The van der Waals surface area contributed by atoms with Crippen LogP contribution in [-0.2, 0) is 4.79 Å². The van der Waals surface area contributed by atoms with E-state index in [4.69, 9.17) is 4.74 Å². The van der Waals surface area contributed by atoms with Crippen molar-refractivity contribution in [1.29, 1.82) is 0 Å². The first-order valence-corrected chi connectivity index (χ1v) is 7.95. The van der Waals surface area contributed by atoms with Crippen LogP contribution in [-0.4, -0.2) is 18.8 Å². The molecular weight excluding hydrogens is 282 g/mol. The van der Waals surface area contributed by atoms with Gasteiger partial charge in [-0.3, -0.25) is 4.79 Å². The molecule has 1 N–H and O–H groups in total.